The van der Waals surface area contributed by atoms with E-state index in [2.05, 4.69) is 57.2 Å². The van der Waals surface area contributed by atoms with Gasteiger partial charge in [-0.25, -0.2) is 0 Å². The predicted octanol–water partition coefficient (Wildman–Crippen LogP) is 20.4. The van der Waals surface area contributed by atoms with Crippen LogP contribution in [0.15, 0.2) is 36.5 Å². The largest absolute Gasteiger partial charge is 0.462 e. The Morgan fingerprint density at radius 3 is 0.884 bits per heavy atom. The van der Waals surface area contributed by atoms with Crippen LogP contribution in [-0.2, 0) is 28.6 Å². The van der Waals surface area contributed by atoms with Gasteiger partial charge in [0.05, 0.1) is 0 Å². The van der Waals surface area contributed by atoms with E-state index in [-0.39, 0.29) is 31.1 Å². The van der Waals surface area contributed by atoms with Gasteiger partial charge in [0, 0.05) is 19.3 Å². The second-order valence-corrected chi connectivity index (χ2v) is 20.6. The van der Waals surface area contributed by atoms with Gasteiger partial charge in [0.2, 0.25) is 0 Å². The first-order valence-electron chi connectivity index (χ1n) is 30.5. The van der Waals surface area contributed by atoms with Gasteiger partial charge in [0.1, 0.15) is 13.2 Å². The van der Waals surface area contributed by atoms with Gasteiger partial charge in [0.15, 0.2) is 6.10 Å². The second kappa shape index (κ2) is 58.2. The summed E-state index contributed by atoms with van der Waals surface area (Å²) >= 11 is 0. The number of hydrogen-bond acceptors (Lipinski definition) is 6. The molecule has 0 aromatic rings. The third kappa shape index (κ3) is 56.4. The van der Waals surface area contributed by atoms with Crippen molar-refractivity contribution in [3.63, 3.8) is 0 Å². The molecule has 1 atom stereocenters. The fourth-order valence-corrected chi connectivity index (χ4v) is 9.11. The van der Waals surface area contributed by atoms with Gasteiger partial charge >= 0.3 is 17.9 Å². The Bertz CT molecular complexity index is 1160. The van der Waals surface area contributed by atoms with Crippen LogP contribution in [0.25, 0.3) is 0 Å². The SMILES string of the molecule is CC/C=C\C/C=C\C/C=C\CCCCCCCCCCCC(=O)OCC(COC(=O)CCCCCCCCCCCCCCCCC)OC(=O)CCCCCCCCCCCCCCCCCCC. The summed E-state index contributed by atoms with van der Waals surface area (Å²) in [6.45, 7) is 6.59. The molecule has 0 radical (unpaired) electrons. The minimum absolute atomic E-state index is 0.0681. The Kier molecular flexibility index (Phi) is 56.2. The molecule has 0 aromatic heterocycles. The van der Waals surface area contributed by atoms with Crippen molar-refractivity contribution in [2.24, 2.45) is 0 Å². The van der Waals surface area contributed by atoms with Crippen LogP contribution in [0.5, 0.6) is 0 Å². The lowest BCUT2D eigenvalue weighted by molar-refractivity contribution is -0.167. The summed E-state index contributed by atoms with van der Waals surface area (Å²) in [7, 11) is 0. The molecule has 404 valence electrons. The zero-order valence-electron chi connectivity index (χ0n) is 46.3. The van der Waals surface area contributed by atoms with E-state index in [1.54, 1.807) is 0 Å². The summed E-state index contributed by atoms with van der Waals surface area (Å²) in [5, 5.41) is 0. The summed E-state index contributed by atoms with van der Waals surface area (Å²) in [5.41, 5.74) is 0. The molecule has 6 heteroatoms. The molecule has 0 spiro atoms. The highest BCUT2D eigenvalue weighted by Gasteiger charge is 2.19. The zero-order valence-corrected chi connectivity index (χ0v) is 46.3. The first-order chi connectivity index (χ1) is 34.0. The van der Waals surface area contributed by atoms with E-state index in [4.69, 9.17) is 14.2 Å². The van der Waals surface area contributed by atoms with E-state index in [9.17, 15) is 14.4 Å². The number of unbranched alkanes of at least 4 members (excludes halogenated alkanes) is 39. The van der Waals surface area contributed by atoms with E-state index in [1.165, 1.54) is 212 Å². The molecule has 0 rings (SSSR count). The monoisotopic (exact) mass is 969 g/mol. The van der Waals surface area contributed by atoms with Crippen LogP contribution in [0.3, 0.4) is 0 Å². The fraction of sp³-hybridized carbons (Fsp3) is 0.857. The van der Waals surface area contributed by atoms with Gasteiger partial charge in [0.25, 0.3) is 0 Å². The van der Waals surface area contributed by atoms with E-state index < -0.39 is 6.10 Å². The Morgan fingerprint density at radius 2 is 0.565 bits per heavy atom. The molecule has 0 heterocycles. The van der Waals surface area contributed by atoms with Crippen molar-refractivity contribution in [1.29, 1.82) is 0 Å². The van der Waals surface area contributed by atoms with Crippen molar-refractivity contribution in [1.82, 2.24) is 0 Å². The Morgan fingerprint density at radius 1 is 0.304 bits per heavy atom. The van der Waals surface area contributed by atoms with Crippen molar-refractivity contribution in [2.75, 3.05) is 13.2 Å². The van der Waals surface area contributed by atoms with Gasteiger partial charge in [-0.1, -0.05) is 295 Å². The van der Waals surface area contributed by atoms with Crippen molar-refractivity contribution in [3.8, 4) is 0 Å². The van der Waals surface area contributed by atoms with E-state index >= 15 is 0 Å². The Balaban J connectivity index is 4.32. The van der Waals surface area contributed by atoms with E-state index in [1.807, 2.05) is 0 Å². The molecule has 69 heavy (non-hydrogen) atoms. The minimum atomic E-state index is -0.770. The highest BCUT2D eigenvalue weighted by atomic mass is 16.6. The summed E-state index contributed by atoms with van der Waals surface area (Å²) in [6.07, 6.45) is 69.9. The van der Waals surface area contributed by atoms with Gasteiger partial charge in [-0.05, 0) is 51.4 Å². The average Bonchev–Trinajstić information content (AvgIpc) is 3.35. The average molecular weight is 970 g/mol. The van der Waals surface area contributed by atoms with E-state index in [0.29, 0.717) is 19.3 Å². The highest BCUT2D eigenvalue weighted by Crippen LogP contribution is 2.17. The topological polar surface area (TPSA) is 78.9 Å². The summed E-state index contributed by atoms with van der Waals surface area (Å²) < 4.78 is 16.9. The zero-order chi connectivity index (χ0) is 50.0. The number of allylic oxidation sites excluding steroid dienone is 6. The predicted molar refractivity (Wildman–Crippen MR) is 298 cm³/mol. The third-order valence-electron chi connectivity index (χ3n) is 13.7. The van der Waals surface area contributed by atoms with Crippen LogP contribution in [0.4, 0.5) is 0 Å². The van der Waals surface area contributed by atoms with E-state index in [0.717, 1.165) is 77.0 Å². The number of rotatable bonds is 56. The van der Waals surface area contributed by atoms with Crippen LogP contribution in [-0.4, -0.2) is 37.2 Å². The standard InChI is InChI=1S/C63H116O6/c1-4-7-10-13-16-19-22-25-28-30-31-33-35-38-41-44-47-50-53-56-62(65)68-59-60(58-67-61(64)55-52-49-46-43-40-37-34-27-24-21-18-15-12-9-6-3)69-63(66)57-54-51-48-45-42-39-36-32-29-26-23-20-17-14-11-8-5-2/h7,10,16,19,25,28,60H,4-6,8-9,11-15,17-18,20-24,26-27,29-59H2,1-3H3/b10-7-,19-16-,28-25-. The molecule has 0 aliphatic rings. The molecular formula is C63H116O6. The van der Waals surface area contributed by atoms with Gasteiger partial charge in [-0.15, -0.1) is 0 Å². The van der Waals surface area contributed by atoms with Crippen molar-refractivity contribution in [3.05, 3.63) is 36.5 Å². The van der Waals surface area contributed by atoms with Crippen LogP contribution >= 0.6 is 0 Å². The highest BCUT2D eigenvalue weighted by molar-refractivity contribution is 5.71. The van der Waals surface area contributed by atoms with Crippen molar-refractivity contribution >= 4 is 17.9 Å². The number of esters is 3. The second-order valence-electron chi connectivity index (χ2n) is 20.6. The third-order valence-corrected chi connectivity index (χ3v) is 13.7. The molecule has 0 amide bonds. The quantitative estimate of drug-likeness (QED) is 0.0261. The molecule has 0 aromatic carbocycles. The molecular weight excluding hydrogens is 853 g/mol. The van der Waals surface area contributed by atoms with Gasteiger partial charge in [-0.2, -0.15) is 0 Å². The number of hydrogen-bond donors (Lipinski definition) is 0. The maximum atomic E-state index is 12.9. The van der Waals surface area contributed by atoms with Crippen LogP contribution in [0.1, 0.15) is 329 Å². The van der Waals surface area contributed by atoms with Crippen LogP contribution in [0, 0.1) is 0 Å². The summed E-state index contributed by atoms with van der Waals surface area (Å²) in [6, 6.07) is 0. The first kappa shape index (κ1) is 66.6. The number of carbonyl (C=O) groups excluding carboxylic acids is 3. The molecule has 0 fully saturated rings. The molecule has 1 unspecified atom stereocenters. The lowest BCUT2D eigenvalue weighted by Gasteiger charge is -2.18. The summed E-state index contributed by atoms with van der Waals surface area (Å²) in [4.78, 5) is 38.2. The summed E-state index contributed by atoms with van der Waals surface area (Å²) in [5.74, 6) is -0.850. The molecule has 0 bridgehead atoms. The maximum absolute atomic E-state index is 12.9. The van der Waals surface area contributed by atoms with Crippen molar-refractivity contribution in [2.45, 2.75) is 335 Å². The van der Waals surface area contributed by atoms with Crippen LogP contribution < -0.4 is 0 Å². The maximum Gasteiger partial charge on any atom is 0.306 e. The lowest BCUT2D eigenvalue weighted by atomic mass is 10.0. The number of carbonyl (C=O) groups is 3. The molecule has 0 N–H and O–H groups in total. The fourth-order valence-electron chi connectivity index (χ4n) is 9.11. The molecule has 0 saturated heterocycles. The minimum Gasteiger partial charge on any atom is -0.462 e. The lowest BCUT2D eigenvalue weighted by Crippen LogP contribution is -2.30. The van der Waals surface area contributed by atoms with Crippen LogP contribution in [0.2, 0.25) is 0 Å². The van der Waals surface area contributed by atoms with Gasteiger partial charge in [-0.3, -0.25) is 14.4 Å². The molecule has 6 nitrogen and oxygen atoms in total. The Hall–Kier alpha value is -2.37. The normalized spacial score (nSPS) is 12.2. The Labute approximate surface area is 429 Å². The first-order valence-corrected chi connectivity index (χ1v) is 30.5. The van der Waals surface area contributed by atoms with Gasteiger partial charge < -0.3 is 14.2 Å². The molecule has 0 saturated carbocycles. The smallest absolute Gasteiger partial charge is 0.306 e. The number of ether oxygens (including phenoxy) is 3. The molecule has 0 aliphatic carbocycles. The van der Waals surface area contributed by atoms with Crippen molar-refractivity contribution < 1.29 is 28.6 Å². The molecule has 0 aliphatic heterocycles.